The second kappa shape index (κ2) is 10.7. The quantitative estimate of drug-likeness (QED) is 0.668. The molecule has 32 heavy (non-hydrogen) atoms. The normalized spacial score (nSPS) is 18.1. The molecule has 1 aromatic carbocycles. The second-order valence-corrected chi connectivity index (χ2v) is 8.71. The lowest BCUT2D eigenvalue weighted by molar-refractivity contribution is -0.125. The van der Waals surface area contributed by atoms with Crippen molar-refractivity contribution >= 4 is 17.5 Å². The lowest BCUT2D eigenvalue weighted by atomic mass is 9.96. The number of hydrogen-bond donors (Lipinski definition) is 1. The summed E-state index contributed by atoms with van der Waals surface area (Å²) < 4.78 is 13.1. The fourth-order valence-electron chi connectivity index (χ4n) is 4.47. The number of piperazine rings is 1. The summed E-state index contributed by atoms with van der Waals surface area (Å²) in [7, 11) is 0. The Morgan fingerprint density at radius 2 is 1.75 bits per heavy atom. The van der Waals surface area contributed by atoms with Gasteiger partial charge in [-0.15, -0.1) is 0 Å². The molecule has 0 unspecified atom stereocenters. The van der Waals surface area contributed by atoms with Crippen molar-refractivity contribution in [3.63, 3.8) is 0 Å². The van der Waals surface area contributed by atoms with Crippen LogP contribution in [0.1, 0.15) is 25.0 Å². The minimum atomic E-state index is -0.194. The van der Waals surface area contributed by atoms with Crippen LogP contribution in [0.15, 0.2) is 36.5 Å². The van der Waals surface area contributed by atoms with Crippen LogP contribution >= 0.6 is 0 Å². The Hall–Kier alpha value is -2.74. The van der Waals surface area contributed by atoms with Crippen molar-refractivity contribution in [2.24, 2.45) is 5.92 Å². The van der Waals surface area contributed by atoms with Gasteiger partial charge in [-0.3, -0.25) is 9.69 Å². The average molecular weight is 441 g/mol. The molecule has 4 rings (SSSR count). The van der Waals surface area contributed by atoms with E-state index < -0.39 is 0 Å². The van der Waals surface area contributed by atoms with Crippen LogP contribution in [0, 0.1) is 18.7 Å². The summed E-state index contributed by atoms with van der Waals surface area (Å²) in [6, 6.07) is 8.63. The van der Waals surface area contributed by atoms with Crippen molar-refractivity contribution < 1.29 is 9.18 Å². The minimum Gasteiger partial charge on any atom is -0.369 e. The Balaban J connectivity index is 1.10. The maximum absolute atomic E-state index is 13.1. The lowest BCUT2D eigenvalue weighted by Crippen LogP contribution is -2.47. The number of rotatable bonds is 7. The van der Waals surface area contributed by atoms with E-state index in [-0.39, 0.29) is 17.6 Å². The van der Waals surface area contributed by atoms with Crippen LogP contribution in [0.2, 0.25) is 0 Å². The van der Waals surface area contributed by atoms with Crippen molar-refractivity contribution in [2.45, 2.75) is 26.2 Å². The van der Waals surface area contributed by atoms with Crippen molar-refractivity contribution in [2.75, 3.05) is 62.2 Å². The Labute approximate surface area is 189 Å². The number of piperidine rings is 1. The molecule has 8 heteroatoms. The summed E-state index contributed by atoms with van der Waals surface area (Å²) in [6.45, 7) is 9.19. The number of amides is 1. The second-order valence-electron chi connectivity index (χ2n) is 8.71. The first-order valence-electron chi connectivity index (χ1n) is 11.6. The van der Waals surface area contributed by atoms with E-state index in [2.05, 4.69) is 30.0 Å². The molecular formula is C24H33FN6O. The van der Waals surface area contributed by atoms with Crippen LogP contribution in [0.4, 0.5) is 16.0 Å². The van der Waals surface area contributed by atoms with Gasteiger partial charge < -0.3 is 15.1 Å². The van der Waals surface area contributed by atoms with E-state index >= 15 is 0 Å². The SMILES string of the molecule is Cc1ccnc(N2CCC(C(=O)NCCCN3CCN(c4ccc(F)cc4)CC3)CC2)n1. The van der Waals surface area contributed by atoms with E-state index in [1.165, 1.54) is 12.1 Å². The van der Waals surface area contributed by atoms with E-state index in [1.807, 2.05) is 25.1 Å². The Morgan fingerprint density at radius 1 is 1.03 bits per heavy atom. The van der Waals surface area contributed by atoms with Crippen molar-refractivity contribution in [1.82, 2.24) is 20.2 Å². The molecule has 1 amide bonds. The molecule has 3 heterocycles. The molecule has 0 bridgehead atoms. The van der Waals surface area contributed by atoms with Crippen LogP contribution in [-0.2, 0) is 4.79 Å². The molecule has 0 spiro atoms. The van der Waals surface area contributed by atoms with Crippen LogP contribution < -0.4 is 15.1 Å². The van der Waals surface area contributed by atoms with Gasteiger partial charge in [0.05, 0.1) is 0 Å². The first-order chi connectivity index (χ1) is 15.6. The maximum atomic E-state index is 13.1. The highest BCUT2D eigenvalue weighted by atomic mass is 19.1. The standard InChI is InChI=1S/C24H33FN6O/c1-19-7-11-27-24(28-19)31-13-8-20(9-14-31)23(32)26-10-2-12-29-15-17-30(18-16-29)22-5-3-21(25)4-6-22/h3-7,11,20H,2,8-10,12-18H2,1H3,(H,26,32). The van der Waals surface area contributed by atoms with Gasteiger partial charge in [0, 0.05) is 69.3 Å². The Bertz CT molecular complexity index is 876. The fraction of sp³-hybridized carbons (Fsp3) is 0.542. The molecule has 0 atom stereocenters. The smallest absolute Gasteiger partial charge is 0.225 e. The molecule has 1 N–H and O–H groups in total. The number of aromatic nitrogens is 2. The molecule has 2 saturated heterocycles. The molecule has 2 aliphatic rings. The summed E-state index contributed by atoms with van der Waals surface area (Å²) in [4.78, 5) is 28.3. The highest BCUT2D eigenvalue weighted by molar-refractivity contribution is 5.78. The zero-order chi connectivity index (χ0) is 22.3. The van der Waals surface area contributed by atoms with Gasteiger partial charge in [-0.05, 0) is 63.1 Å². The van der Waals surface area contributed by atoms with Gasteiger partial charge in [0.15, 0.2) is 0 Å². The number of carbonyl (C=O) groups is 1. The number of nitrogens with zero attached hydrogens (tertiary/aromatic N) is 5. The van der Waals surface area contributed by atoms with Gasteiger partial charge in [0.25, 0.3) is 0 Å². The summed E-state index contributed by atoms with van der Waals surface area (Å²) in [6.07, 6.45) is 4.43. The largest absolute Gasteiger partial charge is 0.369 e. The third-order valence-electron chi connectivity index (χ3n) is 6.45. The number of anilines is 2. The van der Waals surface area contributed by atoms with E-state index in [1.54, 1.807) is 6.20 Å². The Morgan fingerprint density at radius 3 is 2.44 bits per heavy atom. The van der Waals surface area contributed by atoms with Gasteiger partial charge in [0.2, 0.25) is 11.9 Å². The molecule has 0 aliphatic carbocycles. The highest BCUT2D eigenvalue weighted by Gasteiger charge is 2.26. The number of hydrogen-bond acceptors (Lipinski definition) is 6. The maximum Gasteiger partial charge on any atom is 0.225 e. The van der Waals surface area contributed by atoms with Gasteiger partial charge in [-0.25, -0.2) is 14.4 Å². The van der Waals surface area contributed by atoms with E-state index in [4.69, 9.17) is 0 Å². The summed E-state index contributed by atoms with van der Waals surface area (Å²) in [5, 5.41) is 3.13. The van der Waals surface area contributed by atoms with Crippen LogP contribution in [0.5, 0.6) is 0 Å². The number of nitrogens with one attached hydrogen (secondary N) is 1. The molecule has 7 nitrogen and oxygen atoms in total. The molecule has 1 aromatic heterocycles. The predicted molar refractivity (Wildman–Crippen MR) is 124 cm³/mol. The van der Waals surface area contributed by atoms with E-state index in [0.717, 1.165) is 89.0 Å². The first kappa shape index (κ1) is 22.5. The van der Waals surface area contributed by atoms with E-state index in [9.17, 15) is 9.18 Å². The molecular weight excluding hydrogens is 407 g/mol. The number of aryl methyl sites for hydroxylation is 1. The van der Waals surface area contributed by atoms with Gasteiger partial charge in [-0.1, -0.05) is 0 Å². The van der Waals surface area contributed by atoms with Gasteiger partial charge in [0.1, 0.15) is 5.82 Å². The summed E-state index contributed by atoms with van der Waals surface area (Å²) in [5.41, 5.74) is 2.05. The van der Waals surface area contributed by atoms with Gasteiger partial charge >= 0.3 is 0 Å². The third-order valence-corrected chi connectivity index (χ3v) is 6.45. The predicted octanol–water partition coefficient (Wildman–Crippen LogP) is 2.47. The highest BCUT2D eigenvalue weighted by Crippen LogP contribution is 2.21. The molecule has 0 saturated carbocycles. The number of halogens is 1. The molecule has 172 valence electrons. The van der Waals surface area contributed by atoms with Crippen molar-refractivity contribution in [3.8, 4) is 0 Å². The average Bonchev–Trinajstić information content (AvgIpc) is 2.83. The van der Waals surface area contributed by atoms with Crippen LogP contribution in [0.3, 0.4) is 0 Å². The minimum absolute atomic E-state index is 0.0790. The van der Waals surface area contributed by atoms with Crippen molar-refractivity contribution in [1.29, 1.82) is 0 Å². The Kier molecular flexibility index (Phi) is 7.52. The first-order valence-corrected chi connectivity index (χ1v) is 11.6. The zero-order valence-corrected chi connectivity index (χ0v) is 18.8. The van der Waals surface area contributed by atoms with Crippen LogP contribution in [-0.4, -0.2) is 73.1 Å². The topological polar surface area (TPSA) is 64.6 Å². The monoisotopic (exact) mass is 440 g/mol. The number of carbonyl (C=O) groups excluding carboxylic acids is 1. The molecule has 2 aromatic rings. The number of benzene rings is 1. The summed E-state index contributed by atoms with van der Waals surface area (Å²) in [5.74, 6) is 0.829. The van der Waals surface area contributed by atoms with E-state index in [0.29, 0.717) is 0 Å². The van der Waals surface area contributed by atoms with Crippen molar-refractivity contribution in [3.05, 3.63) is 48.0 Å². The third kappa shape index (κ3) is 5.94. The van der Waals surface area contributed by atoms with Crippen LogP contribution in [0.25, 0.3) is 0 Å². The zero-order valence-electron chi connectivity index (χ0n) is 18.8. The molecule has 2 fully saturated rings. The summed E-state index contributed by atoms with van der Waals surface area (Å²) >= 11 is 0. The molecule has 2 aliphatic heterocycles. The van der Waals surface area contributed by atoms with Gasteiger partial charge in [-0.2, -0.15) is 0 Å². The molecule has 0 radical (unpaired) electrons. The fourth-order valence-corrected chi connectivity index (χ4v) is 4.47. The lowest BCUT2D eigenvalue weighted by Gasteiger charge is -2.36.